The van der Waals surface area contributed by atoms with E-state index >= 15 is 0 Å². The third-order valence-corrected chi connectivity index (χ3v) is 3.37. The monoisotopic (exact) mass is 158 g/mol. The Kier molecular flexibility index (Phi) is 2.16. The molecule has 0 unspecified atom stereocenters. The maximum absolute atomic E-state index is 3.33. The lowest BCUT2D eigenvalue weighted by molar-refractivity contribution is 0.228. The molecule has 2 fully saturated rings. The van der Waals surface area contributed by atoms with Crippen LogP contribution < -0.4 is 4.72 Å². The lowest BCUT2D eigenvalue weighted by Gasteiger charge is -2.38. The normalized spacial score (nSPS) is 30.0. The smallest absolute Gasteiger partial charge is 0.0214 e. The van der Waals surface area contributed by atoms with Gasteiger partial charge in [-0.1, -0.05) is 6.42 Å². The van der Waals surface area contributed by atoms with Crippen molar-refractivity contribution in [2.75, 3.05) is 13.1 Å². The van der Waals surface area contributed by atoms with Crippen LogP contribution in [0.3, 0.4) is 0 Å². The lowest BCUT2D eigenvalue weighted by atomic mass is 9.93. The first-order valence-corrected chi connectivity index (χ1v) is 4.90. The average molecular weight is 158 g/mol. The van der Waals surface area contributed by atoms with Crippen molar-refractivity contribution in [2.45, 2.75) is 31.7 Å². The summed E-state index contributed by atoms with van der Waals surface area (Å²) in [4.78, 5) is 0. The molecule has 0 bridgehead atoms. The van der Waals surface area contributed by atoms with E-state index in [-0.39, 0.29) is 0 Å². The molecular formula is C7H14N2S. The fraction of sp³-hybridized carbons (Fsp3) is 1.00. The molecule has 0 aromatic heterocycles. The Bertz CT molecular complexity index is 108. The van der Waals surface area contributed by atoms with E-state index in [2.05, 4.69) is 9.03 Å². The van der Waals surface area contributed by atoms with Crippen LogP contribution in [-0.2, 0) is 0 Å². The topological polar surface area (TPSA) is 15.3 Å². The minimum Gasteiger partial charge on any atom is -0.251 e. The van der Waals surface area contributed by atoms with Crippen molar-refractivity contribution in [3.8, 4) is 0 Å². The number of nitrogens with zero attached hydrogens (tertiary/aromatic N) is 1. The zero-order valence-corrected chi connectivity index (χ0v) is 6.99. The molecule has 0 aromatic carbocycles. The van der Waals surface area contributed by atoms with E-state index in [1.807, 2.05) is 12.1 Å². The van der Waals surface area contributed by atoms with Crippen molar-refractivity contribution in [1.29, 1.82) is 0 Å². The molecular weight excluding hydrogens is 144 g/mol. The van der Waals surface area contributed by atoms with Crippen LogP contribution in [-0.4, -0.2) is 23.4 Å². The van der Waals surface area contributed by atoms with Gasteiger partial charge < -0.3 is 0 Å². The minimum absolute atomic E-state index is 0.901. The van der Waals surface area contributed by atoms with Gasteiger partial charge in [0.1, 0.15) is 0 Å². The molecule has 1 saturated carbocycles. The molecule has 3 heteroatoms. The summed E-state index contributed by atoms with van der Waals surface area (Å²) >= 11 is 1.83. The molecule has 1 heterocycles. The molecule has 2 aliphatic rings. The van der Waals surface area contributed by atoms with E-state index in [9.17, 15) is 0 Å². The first-order chi connectivity index (χ1) is 4.97. The maximum Gasteiger partial charge on any atom is 0.0214 e. The van der Waals surface area contributed by atoms with E-state index in [1.54, 1.807) is 0 Å². The van der Waals surface area contributed by atoms with Crippen LogP contribution in [0.15, 0.2) is 0 Å². The quantitative estimate of drug-likeness (QED) is 0.581. The van der Waals surface area contributed by atoms with Crippen LogP contribution >= 0.6 is 12.1 Å². The van der Waals surface area contributed by atoms with Crippen molar-refractivity contribution in [3.63, 3.8) is 0 Å². The van der Waals surface area contributed by atoms with Gasteiger partial charge in [-0.05, 0) is 19.3 Å². The van der Waals surface area contributed by atoms with Gasteiger partial charge in [-0.15, -0.1) is 0 Å². The van der Waals surface area contributed by atoms with Gasteiger partial charge in [0.25, 0.3) is 0 Å². The summed E-state index contributed by atoms with van der Waals surface area (Å²) < 4.78 is 5.83. The summed E-state index contributed by atoms with van der Waals surface area (Å²) in [6.07, 6.45) is 5.62. The fourth-order valence-electron chi connectivity index (χ4n) is 1.41. The van der Waals surface area contributed by atoms with Crippen LogP contribution in [0, 0.1) is 0 Å². The first-order valence-electron chi connectivity index (χ1n) is 4.13. The van der Waals surface area contributed by atoms with Crippen molar-refractivity contribution < 1.29 is 0 Å². The van der Waals surface area contributed by atoms with E-state index < -0.39 is 0 Å². The van der Waals surface area contributed by atoms with E-state index in [0.717, 1.165) is 6.04 Å². The molecule has 1 N–H and O–H groups in total. The molecule has 1 aliphatic heterocycles. The highest BCUT2D eigenvalue weighted by molar-refractivity contribution is 7.95. The second kappa shape index (κ2) is 3.11. The van der Waals surface area contributed by atoms with Gasteiger partial charge in [0.2, 0.25) is 0 Å². The number of hydrogen-bond acceptors (Lipinski definition) is 3. The third-order valence-electron chi connectivity index (χ3n) is 2.32. The molecule has 1 saturated heterocycles. The predicted molar refractivity (Wildman–Crippen MR) is 44.6 cm³/mol. The summed E-state index contributed by atoms with van der Waals surface area (Å²) in [7, 11) is 0. The number of hydrogen-bond donors (Lipinski definition) is 1. The molecule has 58 valence electrons. The maximum atomic E-state index is 3.33. The van der Waals surface area contributed by atoms with Gasteiger partial charge >= 0.3 is 0 Å². The highest BCUT2D eigenvalue weighted by Crippen LogP contribution is 2.29. The lowest BCUT2D eigenvalue weighted by Crippen LogP contribution is -2.41. The molecule has 0 atom stereocenters. The van der Waals surface area contributed by atoms with Gasteiger partial charge in [0.15, 0.2) is 0 Å². The molecule has 2 rings (SSSR count). The van der Waals surface area contributed by atoms with Crippen LogP contribution in [0.5, 0.6) is 0 Å². The summed E-state index contributed by atoms with van der Waals surface area (Å²) in [5.41, 5.74) is 0. The molecule has 0 amide bonds. The van der Waals surface area contributed by atoms with Crippen molar-refractivity contribution >= 4 is 12.1 Å². The Morgan fingerprint density at radius 1 is 1.30 bits per heavy atom. The van der Waals surface area contributed by atoms with Gasteiger partial charge in [0.05, 0.1) is 0 Å². The molecule has 10 heavy (non-hydrogen) atoms. The molecule has 0 spiro atoms. The summed E-state index contributed by atoms with van der Waals surface area (Å²) in [6, 6.07) is 0.901. The van der Waals surface area contributed by atoms with Crippen LogP contribution in [0.2, 0.25) is 0 Å². The Morgan fingerprint density at radius 3 is 2.70 bits per heavy atom. The van der Waals surface area contributed by atoms with E-state index in [0.29, 0.717) is 0 Å². The van der Waals surface area contributed by atoms with Crippen LogP contribution in [0.25, 0.3) is 0 Å². The molecule has 1 aliphatic carbocycles. The van der Waals surface area contributed by atoms with E-state index in [4.69, 9.17) is 0 Å². The van der Waals surface area contributed by atoms with Gasteiger partial charge in [-0.25, -0.2) is 4.31 Å². The SMILES string of the molecule is C1CC(N2CCCNS2)C1. The standard InChI is InChI=1S/C7H14N2S/c1-3-7(4-1)9-6-2-5-8-10-9/h7-8H,1-6H2. The summed E-state index contributed by atoms with van der Waals surface area (Å²) in [5, 5.41) is 0. The molecule has 0 radical (unpaired) electrons. The second-order valence-electron chi connectivity index (χ2n) is 3.06. The third kappa shape index (κ3) is 1.31. The Labute approximate surface area is 66.6 Å². The first kappa shape index (κ1) is 6.95. The van der Waals surface area contributed by atoms with E-state index in [1.165, 1.54) is 38.8 Å². The van der Waals surface area contributed by atoms with Gasteiger partial charge in [-0.2, -0.15) is 0 Å². The van der Waals surface area contributed by atoms with Gasteiger partial charge in [0, 0.05) is 31.3 Å². The predicted octanol–water partition coefficient (Wildman–Crippen LogP) is 1.40. The highest BCUT2D eigenvalue weighted by atomic mass is 32.2. The number of rotatable bonds is 1. The van der Waals surface area contributed by atoms with Crippen LogP contribution in [0.4, 0.5) is 0 Å². The molecule has 0 aromatic rings. The van der Waals surface area contributed by atoms with Gasteiger partial charge in [-0.3, -0.25) is 4.72 Å². The molecule has 2 nitrogen and oxygen atoms in total. The Hall–Kier alpha value is 0.270. The fourth-order valence-corrected chi connectivity index (χ4v) is 2.39. The zero-order chi connectivity index (χ0) is 6.81. The van der Waals surface area contributed by atoms with Crippen molar-refractivity contribution in [3.05, 3.63) is 0 Å². The van der Waals surface area contributed by atoms with Crippen molar-refractivity contribution in [1.82, 2.24) is 9.03 Å². The Balaban J connectivity index is 1.78. The summed E-state index contributed by atoms with van der Waals surface area (Å²) in [6.45, 7) is 2.48. The minimum atomic E-state index is 0.901. The summed E-state index contributed by atoms with van der Waals surface area (Å²) in [5.74, 6) is 0. The average Bonchev–Trinajstić information content (AvgIpc) is 1.86. The zero-order valence-electron chi connectivity index (χ0n) is 6.18. The highest BCUT2D eigenvalue weighted by Gasteiger charge is 2.26. The Morgan fingerprint density at radius 2 is 2.20 bits per heavy atom. The number of nitrogens with one attached hydrogen (secondary N) is 1. The van der Waals surface area contributed by atoms with Crippen molar-refractivity contribution in [2.24, 2.45) is 0 Å². The van der Waals surface area contributed by atoms with Crippen LogP contribution in [0.1, 0.15) is 25.7 Å². The largest absolute Gasteiger partial charge is 0.251 e. The second-order valence-corrected chi connectivity index (χ2v) is 4.00.